The van der Waals surface area contributed by atoms with Gasteiger partial charge < -0.3 is 4.74 Å². The lowest BCUT2D eigenvalue weighted by atomic mass is 9.83. The first-order valence-electron chi connectivity index (χ1n) is 8.40. The van der Waals surface area contributed by atoms with Crippen molar-refractivity contribution in [3.8, 4) is 5.75 Å². The number of ether oxygens (including phenoxy) is 1. The number of carbonyl (C=O) groups is 2. The van der Waals surface area contributed by atoms with Crippen LogP contribution in [0.3, 0.4) is 0 Å². The van der Waals surface area contributed by atoms with Crippen molar-refractivity contribution in [3.63, 3.8) is 0 Å². The zero-order valence-corrected chi connectivity index (χ0v) is 14.4. The van der Waals surface area contributed by atoms with Gasteiger partial charge in [0.05, 0.1) is 11.8 Å². The van der Waals surface area contributed by atoms with Crippen LogP contribution in [0.1, 0.15) is 45.1 Å². The Morgan fingerprint density at radius 3 is 2.42 bits per heavy atom. The van der Waals surface area contributed by atoms with Crippen LogP contribution in [0.4, 0.5) is 0 Å². The van der Waals surface area contributed by atoms with E-state index in [2.05, 4.69) is 6.92 Å². The summed E-state index contributed by atoms with van der Waals surface area (Å²) in [7, 11) is 0. The Morgan fingerprint density at radius 1 is 1.17 bits per heavy atom. The molecule has 130 valence electrons. The van der Waals surface area contributed by atoms with Crippen LogP contribution in [0.2, 0.25) is 0 Å². The number of allylic oxidation sites excluding steroid dienone is 1. The van der Waals surface area contributed by atoms with Gasteiger partial charge in [-0.05, 0) is 36.5 Å². The van der Waals surface area contributed by atoms with E-state index < -0.39 is 23.7 Å². The summed E-state index contributed by atoms with van der Waals surface area (Å²) < 4.78 is 5.59. The van der Waals surface area contributed by atoms with Crippen LogP contribution in [0.25, 0.3) is 0 Å². The monoisotopic (exact) mass is 331 g/mol. The number of amides is 2. The second kappa shape index (κ2) is 8.11. The molecule has 2 atom stereocenters. The van der Waals surface area contributed by atoms with Gasteiger partial charge in [-0.25, -0.2) is 0 Å². The molecule has 24 heavy (non-hydrogen) atoms. The molecule has 1 fully saturated rings. The summed E-state index contributed by atoms with van der Waals surface area (Å²) in [4.78, 5) is 24.4. The summed E-state index contributed by atoms with van der Waals surface area (Å²) in [5.74, 6) is -1.24. The van der Waals surface area contributed by atoms with E-state index in [-0.39, 0.29) is 11.0 Å². The molecular weight excluding hydrogens is 306 g/mol. The van der Waals surface area contributed by atoms with Crippen molar-refractivity contribution in [2.45, 2.75) is 39.5 Å². The fraction of sp³-hybridized carbons (Fsp3) is 0.474. The van der Waals surface area contributed by atoms with Crippen LogP contribution in [0, 0.1) is 11.8 Å². The second-order valence-corrected chi connectivity index (χ2v) is 6.46. The maximum absolute atomic E-state index is 12.3. The first kappa shape index (κ1) is 18.2. The number of rotatable bonds is 7. The highest BCUT2D eigenvalue weighted by atomic mass is 16.5. The lowest BCUT2D eigenvalue weighted by Gasteiger charge is -2.17. The highest BCUT2D eigenvalue weighted by molar-refractivity contribution is 6.06. The normalized spacial score (nSPS) is 21.3. The fourth-order valence-corrected chi connectivity index (χ4v) is 2.98. The highest BCUT2D eigenvalue weighted by Gasteiger charge is 2.48. The Labute approximate surface area is 142 Å². The van der Waals surface area contributed by atoms with E-state index >= 15 is 0 Å². The molecule has 1 aliphatic rings. The smallest absolute Gasteiger partial charge is 0.261 e. The molecule has 1 heterocycles. The third kappa shape index (κ3) is 4.03. The zero-order valence-electron chi connectivity index (χ0n) is 14.4. The lowest BCUT2D eigenvalue weighted by Crippen LogP contribution is -2.27. The summed E-state index contributed by atoms with van der Waals surface area (Å²) in [6.45, 7) is 6.54. The van der Waals surface area contributed by atoms with Crippen LogP contribution in [0.5, 0.6) is 5.75 Å². The van der Waals surface area contributed by atoms with Gasteiger partial charge in [0.25, 0.3) is 11.8 Å². The molecule has 1 N–H and O–H groups in total. The number of nitrogens with zero attached hydrogens (tertiary/aromatic N) is 1. The number of hydrogen-bond acceptors (Lipinski definition) is 4. The topological polar surface area (TPSA) is 66.8 Å². The van der Waals surface area contributed by atoms with Gasteiger partial charge in [-0.15, -0.1) is 0 Å². The van der Waals surface area contributed by atoms with E-state index in [0.29, 0.717) is 18.8 Å². The fourth-order valence-electron chi connectivity index (χ4n) is 2.98. The predicted octanol–water partition coefficient (Wildman–Crippen LogP) is 3.54. The molecule has 2 rings (SSSR count). The molecule has 1 saturated heterocycles. The van der Waals surface area contributed by atoms with Crippen molar-refractivity contribution in [3.05, 3.63) is 42.0 Å². The molecule has 0 bridgehead atoms. The molecule has 0 radical (unpaired) electrons. The van der Waals surface area contributed by atoms with Crippen molar-refractivity contribution >= 4 is 11.8 Å². The van der Waals surface area contributed by atoms with Gasteiger partial charge in [0.1, 0.15) is 12.4 Å². The Balaban J connectivity index is 2.14. The van der Waals surface area contributed by atoms with Gasteiger partial charge in [0, 0.05) is 0 Å². The van der Waals surface area contributed by atoms with Crippen molar-refractivity contribution < 1.29 is 19.5 Å². The molecule has 5 nitrogen and oxygen atoms in total. The van der Waals surface area contributed by atoms with Crippen molar-refractivity contribution in [2.75, 3.05) is 6.61 Å². The molecule has 1 aromatic carbocycles. The first-order chi connectivity index (χ1) is 11.5. The summed E-state index contributed by atoms with van der Waals surface area (Å²) in [6, 6.07) is 7.17. The van der Waals surface area contributed by atoms with Gasteiger partial charge in [0.2, 0.25) is 0 Å². The number of hydroxylamine groups is 2. The average molecular weight is 331 g/mol. The second-order valence-electron chi connectivity index (χ2n) is 6.46. The van der Waals surface area contributed by atoms with Crippen molar-refractivity contribution in [1.29, 1.82) is 0 Å². The van der Waals surface area contributed by atoms with Crippen LogP contribution in [-0.4, -0.2) is 28.7 Å². The van der Waals surface area contributed by atoms with E-state index in [0.717, 1.165) is 12.0 Å². The van der Waals surface area contributed by atoms with Gasteiger partial charge in [-0.3, -0.25) is 14.8 Å². The average Bonchev–Trinajstić information content (AvgIpc) is 2.76. The molecular formula is C19H25NO4. The Hall–Kier alpha value is -2.14. The van der Waals surface area contributed by atoms with E-state index in [1.807, 2.05) is 26.0 Å². The Kier molecular flexibility index (Phi) is 6.15. The zero-order chi connectivity index (χ0) is 17.7. The Morgan fingerprint density at radius 2 is 1.83 bits per heavy atom. The molecule has 0 saturated carbocycles. The minimum absolute atomic E-state index is 0.258. The van der Waals surface area contributed by atoms with Gasteiger partial charge >= 0.3 is 0 Å². The molecule has 0 spiro atoms. The van der Waals surface area contributed by atoms with Gasteiger partial charge in [-0.2, -0.15) is 5.06 Å². The Bertz CT molecular complexity index is 606. The summed E-state index contributed by atoms with van der Waals surface area (Å²) in [5.41, 5.74) is 0.729. The predicted molar refractivity (Wildman–Crippen MR) is 90.7 cm³/mol. The number of carbonyl (C=O) groups excluding carboxylic acids is 2. The molecule has 1 unspecified atom stereocenters. The summed E-state index contributed by atoms with van der Waals surface area (Å²) in [6.07, 6.45) is 5.51. The van der Waals surface area contributed by atoms with Crippen LogP contribution < -0.4 is 4.74 Å². The van der Waals surface area contributed by atoms with Crippen molar-refractivity contribution in [2.24, 2.45) is 11.8 Å². The van der Waals surface area contributed by atoms with Crippen LogP contribution >= 0.6 is 0 Å². The quantitative estimate of drug-likeness (QED) is 0.471. The molecule has 5 heteroatoms. The largest absolute Gasteiger partial charge is 0.490 e. The third-order valence-electron chi connectivity index (χ3n) is 4.12. The number of hydrogen-bond donors (Lipinski definition) is 1. The van der Waals surface area contributed by atoms with E-state index in [4.69, 9.17) is 4.74 Å². The number of benzene rings is 1. The minimum Gasteiger partial charge on any atom is -0.490 e. The van der Waals surface area contributed by atoms with Crippen molar-refractivity contribution in [1.82, 2.24) is 5.06 Å². The standard InChI is InChI=1S/C19H25NO4/c1-4-5-6-11-24-15-9-7-14(8-10-15)17-16(12-13(2)3)18(21)20(23)19(17)22/h5-10,13,16-17,23H,4,11-12H2,1-3H3/t16?,17-/m1/s1. The maximum Gasteiger partial charge on any atom is 0.261 e. The van der Waals surface area contributed by atoms with E-state index in [9.17, 15) is 14.8 Å². The molecule has 0 aromatic heterocycles. The first-order valence-corrected chi connectivity index (χ1v) is 8.40. The summed E-state index contributed by atoms with van der Waals surface area (Å²) in [5, 5.41) is 9.98. The van der Waals surface area contributed by atoms with E-state index in [1.54, 1.807) is 24.3 Å². The SMILES string of the molecule is CCC=CCOc1ccc([C@H]2C(=O)N(O)C(=O)C2CC(C)C)cc1. The van der Waals surface area contributed by atoms with Gasteiger partial charge in [0.15, 0.2) is 0 Å². The third-order valence-corrected chi connectivity index (χ3v) is 4.12. The van der Waals surface area contributed by atoms with E-state index in [1.165, 1.54) is 0 Å². The lowest BCUT2D eigenvalue weighted by molar-refractivity contribution is -0.172. The maximum atomic E-state index is 12.3. The van der Waals surface area contributed by atoms with Gasteiger partial charge in [-0.1, -0.05) is 45.1 Å². The molecule has 1 aromatic rings. The minimum atomic E-state index is -0.626. The molecule has 2 amide bonds. The summed E-state index contributed by atoms with van der Waals surface area (Å²) >= 11 is 0. The highest BCUT2D eigenvalue weighted by Crippen LogP contribution is 2.38. The van der Waals surface area contributed by atoms with Crippen LogP contribution in [0.15, 0.2) is 36.4 Å². The number of imide groups is 1. The molecule has 0 aliphatic carbocycles. The molecule has 1 aliphatic heterocycles. The van der Waals surface area contributed by atoms with Crippen LogP contribution in [-0.2, 0) is 9.59 Å².